The first-order valence-corrected chi connectivity index (χ1v) is 6.60. The maximum absolute atomic E-state index is 12.0. The molecule has 0 saturated heterocycles. The lowest BCUT2D eigenvalue weighted by atomic mass is 9.97. The molecule has 0 aromatic carbocycles. The molecule has 0 radical (unpaired) electrons. The van der Waals surface area contributed by atoms with Gasteiger partial charge in [0, 0.05) is 6.04 Å². The standard InChI is InChI=1S/C14H19N3O/c1-10-5-3-2-4-6-12(10)17-14(18)13-8-7-11(9-15)16-13/h7-8,10,12,16H,2-6H2,1H3,(H,17,18). The zero-order valence-corrected chi connectivity index (χ0v) is 10.7. The third-order valence-electron chi connectivity index (χ3n) is 3.73. The van der Waals surface area contributed by atoms with Crippen LogP contribution in [-0.4, -0.2) is 16.9 Å². The molecule has 18 heavy (non-hydrogen) atoms. The van der Waals surface area contributed by atoms with Crippen molar-refractivity contribution in [2.75, 3.05) is 0 Å². The van der Waals surface area contributed by atoms with Gasteiger partial charge in [-0.05, 0) is 30.9 Å². The van der Waals surface area contributed by atoms with Crippen molar-refractivity contribution < 1.29 is 4.79 Å². The Balaban J connectivity index is 1.99. The number of nitriles is 1. The first kappa shape index (κ1) is 12.7. The minimum absolute atomic E-state index is 0.102. The van der Waals surface area contributed by atoms with Crippen LogP contribution in [0.2, 0.25) is 0 Å². The van der Waals surface area contributed by atoms with Crippen LogP contribution in [0, 0.1) is 17.2 Å². The molecule has 1 heterocycles. The number of hydrogen-bond donors (Lipinski definition) is 2. The number of hydrogen-bond acceptors (Lipinski definition) is 2. The fraction of sp³-hybridized carbons (Fsp3) is 0.571. The molecule has 2 atom stereocenters. The molecular weight excluding hydrogens is 226 g/mol. The van der Waals surface area contributed by atoms with Crippen LogP contribution >= 0.6 is 0 Å². The third kappa shape index (κ3) is 2.92. The van der Waals surface area contributed by atoms with Crippen LogP contribution in [0.25, 0.3) is 0 Å². The zero-order chi connectivity index (χ0) is 13.0. The van der Waals surface area contributed by atoms with Crippen LogP contribution in [0.3, 0.4) is 0 Å². The van der Waals surface area contributed by atoms with E-state index in [0.29, 0.717) is 17.3 Å². The lowest BCUT2D eigenvalue weighted by Crippen LogP contribution is -2.39. The minimum Gasteiger partial charge on any atom is -0.348 e. The first-order chi connectivity index (χ1) is 8.70. The van der Waals surface area contributed by atoms with Crippen LogP contribution < -0.4 is 5.32 Å². The van der Waals surface area contributed by atoms with Crippen molar-refractivity contribution in [2.45, 2.75) is 45.1 Å². The van der Waals surface area contributed by atoms with E-state index in [1.54, 1.807) is 12.1 Å². The SMILES string of the molecule is CC1CCCCCC1NC(=O)c1ccc(C#N)[nH]1. The summed E-state index contributed by atoms with van der Waals surface area (Å²) in [5, 5.41) is 11.8. The molecule has 0 bridgehead atoms. The number of aromatic nitrogens is 1. The normalized spacial score (nSPS) is 24.0. The predicted octanol–water partition coefficient (Wildman–Crippen LogP) is 2.58. The fourth-order valence-electron chi connectivity index (χ4n) is 2.55. The van der Waals surface area contributed by atoms with Gasteiger partial charge in [-0.2, -0.15) is 5.26 Å². The summed E-state index contributed by atoms with van der Waals surface area (Å²) >= 11 is 0. The Bertz CT molecular complexity index is 458. The van der Waals surface area contributed by atoms with Crippen molar-refractivity contribution in [3.8, 4) is 6.07 Å². The molecule has 0 spiro atoms. The van der Waals surface area contributed by atoms with Crippen LogP contribution in [0.4, 0.5) is 0 Å². The van der Waals surface area contributed by atoms with Crippen LogP contribution in [0.5, 0.6) is 0 Å². The number of rotatable bonds is 2. The predicted molar refractivity (Wildman–Crippen MR) is 69.0 cm³/mol. The summed E-state index contributed by atoms with van der Waals surface area (Å²) in [6.07, 6.45) is 5.94. The molecule has 2 N–H and O–H groups in total. The smallest absolute Gasteiger partial charge is 0.267 e. The highest BCUT2D eigenvalue weighted by atomic mass is 16.1. The van der Waals surface area contributed by atoms with Gasteiger partial charge in [-0.25, -0.2) is 0 Å². The van der Waals surface area contributed by atoms with Crippen molar-refractivity contribution in [3.05, 3.63) is 23.5 Å². The summed E-state index contributed by atoms with van der Waals surface area (Å²) in [7, 11) is 0. The van der Waals surface area contributed by atoms with E-state index >= 15 is 0 Å². The van der Waals surface area contributed by atoms with Gasteiger partial charge in [0.1, 0.15) is 17.5 Å². The van der Waals surface area contributed by atoms with E-state index in [1.807, 2.05) is 6.07 Å². The largest absolute Gasteiger partial charge is 0.348 e. The van der Waals surface area contributed by atoms with Gasteiger partial charge in [0.25, 0.3) is 5.91 Å². The highest BCUT2D eigenvalue weighted by molar-refractivity contribution is 5.92. The molecule has 1 aromatic rings. The molecule has 1 fully saturated rings. The first-order valence-electron chi connectivity index (χ1n) is 6.60. The lowest BCUT2D eigenvalue weighted by molar-refractivity contribution is 0.0917. The summed E-state index contributed by atoms with van der Waals surface area (Å²) in [6, 6.07) is 5.54. The summed E-state index contributed by atoms with van der Waals surface area (Å²) < 4.78 is 0. The number of aromatic amines is 1. The minimum atomic E-state index is -0.102. The molecule has 1 aromatic heterocycles. The van der Waals surface area contributed by atoms with Gasteiger partial charge in [-0.3, -0.25) is 4.79 Å². The van der Waals surface area contributed by atoms with E-state index in [0.717, 1.165) is 6.42 Å². The van der Waals surface area contributed by atoms with E-state index < -0.39 is 0 Å². The molecule has 1 saturated carbocycles. The Morgan fingerprint density at radius 1 is 1.39 bits per heavy atom. The highest BCUT2D eigenvalue weighted by Gasteiger charge is 2.22. The second-order valence-corrected chi connectivity index (χ2v) is 5.09. The average Bonchev–Trinajstić information content (AvgIpc) is 2.77. The maximum Gasteiger partial charge on any atom is 0.267 e. The maximum atomic E-state index is 12.0. The van der Waals surface area contributed by atoms with E-state index in [4.69, 9.17) is 5.26 Å². The van der Waals surface area contributed by atoms with Crippen LogP contribution in [-0.2, 0) is 0 Å². The Hall–Kier alpha value is -1.76. The lowest BCUT2D eigenvalue weighted by Gasteiger charge is -2.22. The molecular formula is C14H19N3O. The van der Waals surface area contributed by atoms with Crippen LogP contribution in [0.15, 0.2) is 12.1 Å². The second kappa shape index (κ2) is 5.72. The van der Waals surface area contributed by atoms with Gasteiger partial charge in [0.15, 0.2) is 0 Å². The van der Waals surface area contributed by atoms with Gasteiger partial charge in [-0.15, -0.1) is 0 Å². The molecule has 4 heteroatoms. The van der Waals surface area contributed by atoms with E-state index in [1.165, 1.54) is 25.7 Å². The number of carbonyl (C=O) groups is 1. The summed E-state index contributed by atoms with van der Waals surface area (Å²) in [6.45, 7) is 2.20. The highest BCUT2D eigenvalue weighted by Crippen LogP contribution is 2.23. The van der Waals surface area contributed by atoms with Gasteiger partial charge < -0.3 is 10.3 Å². The monoisotopic (exact) mass is 245 g/mol. The zero-order valence-electron chi connectivity index (χ0n) is 10.7. The molecule has 4 nitrogen and oxygen atoms in total. The third-order valence-corrected chi connectivity index (χ3v) is 3.73. The topological polar surface area (TPSA) is 68.7 Å². The Morgan fingerprint density at radius 3 is 2.89 bits per heavy atom. The van der Waals surface area contributed by atoms with Crippen molar-refractivity contribution in [2.24, 2.45) is 5.92 Å². The molecule has 96 valence electrons. The van der Waals surface area contributed by atoms with E-state index in [-0.39, 0.29) is 11.9 Å². The van der Waals surface area contributed by atoms with Crippen molar-refractivity contribution >= 4 is 5.91 Å². The summed E-state index contributed by atoms with van der Waals surface area (Å²) in [4.78, 5) is 14.9. The Morgan fingerprint density at radius 2 is 2.17 bits per heavy atom. The van der Waals surface area contributed by atoms with Gasteiger partial charge in [-0.1, -0.05) is 26.2 Å². The van der Waals surface area contributed by atoms with E-state index in [2.05, 4.69) is 17.2 Å². The summed E-state index contributed by atoms with van der Waals surface area (Å²) in [5.41, 5.74) is 0.900. The number of nitrogens with zero attached hydrogens (tertiary/aromatic N) is 1. The fourth-order valence-corrected chi connectivity index (χ4v) is 2.55. The van der Waals surface area contributed by atoms with Crippen LogP contribution in [0.1, 0.15) is 55.2 Å². The van der Waals surface area contributed by atoms with Gasteiger partial charge in [0.05, 0.1) is 0 Å². The van der Waals surface area contributed by atoms with Crippen molar-refractivity contribution in [3.63, 3.8) is 0 Å². The van der Waals surface area contributed by atoms with Crippen molar-refractivity contribution in [1.29, 1.82) is 5.26 Å². The molecule has 2 unspecified atom stereocenters. The van der Waals surface area contributed by atoms with Gasteiger partial charge in [0.2, 0.25) is 0 Å². The second-order valence-electron chi connectivity index (χ2n) is 5.09. The Kier molecular flexibility index (Phi) is 4.03. The molecule has 1 amide bonds. The molecule has 1 aliphatic rings. The number of carbonyl (C=O) groups excluding carboxylic acids is 1. The van der Waals surface area contributed by atoms with Crippen molar-refractivity contribution in [1.82, 2.24) is 10.3 Å². The molecule has 2 rings (SSSR count). The van der Waals surface area contributed by atoms with Gasteiger partial charge >= 0.3 is 0 Å². The Labute approximate surface area is 107 Å². The number of amides is 1. The average molecular weight is 245 g/mol. The summed E-state index contributed by atoms with van der Waals surface area (Å²) in [5.74, 6) is 0.428. The quantitative estimate of drug-likeness (QED) is 0.786. The number of H-pyrrole nitrogens is 1. The molecule has 1 aliphatic carbocycles. The molecule has 0 aliphatic heterocycles. The number of nitrogens with one attached hydrogen (secondary N) is 2. The van der Waals surface area contributed by atoms with E-state index in [9.17, 15) is 4.79 Å².